The Morgan fingerprint density at radius 2 is 1.67 bits per heavy atom. The van der Waals surface area contributed by atoms with E-state index in [1.165, 1.54) is 25.9 Å². The van der Waals surface area contributed by atoms with E-state index in [0.717, 1.165) is 31.7 Å². The van der Waals surface area contributed by atoms with Gasteiger partial charge in [0, 0.05) is 18.6 Å². The van der Waals surface area contributed by atoms with E-state index in [2.05, 4.69) is 23.9 Å². The van der Waals surface area contributed by atoms with Crippen molar-refractivity contribution in [2.75, 3.05) is 33.7 Å². The molecule has 1 aliphatic carbocycles. The highest BCUT2D eigenvalue weighted by Crippen LogP contribution is 2.31. The van der Waals surface area contributed by atoms with Crippen LogP contribution >= 0.6 is 0 Å². The standard InChI is InChI=1S/C14H29N3O/c1-16-9-5-13(6-10-16)17(2)12-3-7-14(18,11-15)8-4-12/h12-13,18H,3-11,15H2,1-2H3. The second-order valence-electron chi connectivity index (χ2n) is 6.36. The van der Waals surface area contributed by atoms with Crippen LogP contribution in [-0.4, -0.2) is 66.3 Å². The van der Waals surface area contributed by atoms with Crippen molar-refractivity contribution in [2.24, 2.45) is 5.73 Å². The summed E-state index contributed by atoms with van der Waals surface area (Å²) in [6, 6.07) is 1.38. The van der Waals surface area contributed by atoms with Gasteiger partial charge in [0.15, 0.2) is 0 Å². The van der Waals surface area contributed by atoms with E-state index in [-0.39, 0.29) is 0 Å². The lowest BCUT2D eigenvalue weighted by Crippen LogP contribution is -2.50. The van der Waals surface area contributed by atoms with Gasteiger partial charge >= 0.3 is 0 Å². The maximum atomic E-state index is 10.2. The molecule has 106 valence electrons. The van der Waals surface area contributed by atoms with Gasteiger partial charge in [-0.3, -0.25) is 0 Å². The van der Waals surface area contributed by atoms with Gasteiger partial charge in [-0.15, -0.1) is 0 Å². The molecule has 0 aromatic heterocycles. The zero-order valence-corrected chi connectivity index (χ0v) is 11.9. The molecule has 2 rings (SSSR count). The summed E-state index contributed by atoms with van der Waals surface area (Å²) in [6.45, 7) is 2.85. The van der Waals surface area contributed by atoms with E-state index in [1.54, 1.807) is 0 Å². The van der Waals surface area contributed by atoms with Crippen LogP contribution < -0.4 is 5.73 Å². The Kier molecular flexibility index (Phi) is 4.64. The Hall–Kier alpha value is -0.160. The largest absolute Gasteiger partial charge is 0.389 e. The number of hydrogen-bond acceptors (Lipinski definition) is 4. The Bertz CT molecular complexity index is 256. The van der Waals surface area contributed by atoms with E-state index in [4.69, 9.17) is 5.73 Å². The molecule has 4 nitrogen and oxygen atoms in total. The monoisotopic (exact) mass is 255 g/mol. The molecule has 0 aromatic rings. The van der Waals surface area contributed by atoms with Gasteiger partial charge in [-0.25, -0.2) is 0 Å². The van der Waals surface area contributed by atoms with Crippen molar-refractivity contribution in [2.45, 2.75) is 56.2 Å². The summed E-state index contributed by atoms with van der Waals surface area (Å²) in [5.74, 6) is 0. The lowest BCUT2D eigenvalue weighted by atomic mass is 9.81. The van der Waals surface area contributed by atoms with Gasteiger partial charge in [0.25, 0.3) is 0 Å². The Morgan fingerprint density at radius 1 is 1.17 bits per heavy atom. The van der Waals surface area contributed by atoms with Crippen LogP contribution in [0.1, 0.15) is 38.5 Å². The quantitative estimate of drug-likeness (QED) is 0.777. The average Bonchev–Trinajstić information content (AvgIpc) is 2.40. The summed E-state index contributed by atoms with van der Waals surface area (Å²) < 4.78 is 0. The molecule has 3 N–H and O–H groups in total. The van der Waals surface area contributed by atoms with Gasteiger partial charge in [-0.2, -0.15) is 0 Å². The Labute approximate surface area is 111 Å². The molecule has 0 unspecified atom stereocenters. The van der Waals surface area contributed by atoms with Gasteiger partial charge in [0.2, 0.25) is 0 Å². The molecule has 18 heavy (non-hydrogen) atoms. The van der Waals surface area contributed by atoms with E-state index in [1.807, 2.05) is 0 Å². The minimum Gasteiger partial charge on any atom is -0.389 e. The first-order chi connectivity index (χ1) is 8.54. The normalized spacial score (nSPS) is 36.2. The molecule has 1 heterocycles. The summed E-state index contributed by atoms with van der Waals surface area (Å²) in [4.78, 5) is 4.99. The topological polar surface area (TPSA) is 52.7 Å². The van der Waals surface area contributed by atoms with Crippen LogP contribution in [0.2, 0.25) is 0 Å². The van der Waals surface area contributed by atoms with Crippen molar-refractivity contribution in [1.82, 2.24) is 9.80 Å². The van der Waals surface area contributed by atoms with Crippen LogP contribution in [0.15, 0.2) is 0 Å². The first-order valence-electron chi connectivity index (χ1n) is 7.37. The van der Waals surface area contributed by atoms with Crippen molar-refractivity contribution in [3.05, 3.63) is 0 Å². The molecular weight excluding hydrogens is 226 g/mol. The van der Waals surface area contributed by atoms with Gasteiger partial charge in [0.1, 0.15) is 0 Å². The molecule has 2 aliphatic rings. The molecular formula is C14H29N3O. The highest BCUT2D eigenvalue weighted by Gasteiger charge is 2.35. The predicted octanol–water partition coefficient (Wildman–Crippen LogP) is 0.645. The minimum absolute atomic E-state index is 0.414. The lowest BCUT2D eigenvalue weighted by molar-refractivity contribution is -0.0195. The van der Waals surface area contributed by atoms with Gasteiger partial charge < -0.3 is 20.6 Å². The SMILES string of the molecule is CN1CCC(N(C)C2CCC(O)(CN)CC2)CC1. The van der Waals surface area contributed by atoms with Crippen LogP contribution in [0, 0.1) is 0 Å². The summed E-state index contributed by atoms with van der Waals surface area (Å²) in [7, 11) is 4.48. The number of aliphatic hydroxyl groups is 1. The van der Waals surface area contributed by atoms with Crippen molar-refractivity contribution in [3.63, 3.8) is 0 Å². The van der Waals surface area contributed by atoms with Gasteiger partial charge in [-0.05, 0) is 65.7 Å². The molecule has 1 saturated heterocycles. The fourth-order valence-corrected chi connectivity index (χ4v) is 3.45. The van der Waals surface area contributed by atoms with Crippen LogP contribution in [0.5, 0.6) is 0 Å². The molecule has 0 radical (unpaired) electrons. The third-order valence-electron chi connectivity index (χ3n) is 5.11. The summed E-state index contributed by atoms with van der Waals surface area (Å²) >= 11 is 0. The number of piperidine rings is 1. The molecule has 0 atom stereocenters. The molecule has 0 aromatic carbocycles. The van der Waals surface area contributed by atoms with Crippen molar-refractivity contribution < 1.29 is 5.11 Å². The van der Waals surface area contributed by atoms with Crippen LogP contribution in [-0.2, 0) is 0 Å². The smallest absolute Gasteiger partial charge is 0.0770 e. The Balaban J connectivity index is 1.82. The maximum absolute atomic E-state index is 10.2. The van der Waals surface area contributed by atoms with Gasteiger partial charge in [-0.1, -0.05) is 0 Å². The average molecular weight is 255 g/mol. The number of likely N-dealkylation sites (tertiary alicyclic amines) is 1. The molecule has 0 bridgehead atoms. The molecule has 1 saturated carbocycles. The fourth-order valence-electron chi connectivity index (χ4n) is 3.45. The number of nitrogens with two attached hydrogens (primary N) is 1. The summed E-state index contributed by atoms with van der Waals surface area (Å²) in [5.41, 5.74) is 5.07. The van der Waals surface area contributed by atoms with E-state index >= 15 is 0 Å². The summed E-state index contributed by atoms with van der Waals surface area (Å²) in [5, 5.41) is 10.2. The van der Waals surface area contributed by atoms with E-state index in [9.17, 15) is 5.11 Å². The molecule has 4 heteroatoms. The van der Waals surface area contributed by atoms with E-state index < -0.39 is 5.60 Å². The van der Waals surface area contributed by atoms with Crippen LogP contribution in [0.3, 0.4) is 0 Å². The first-order valence-corrected chi connectivity index (χ1v) is 7.37. The third-order valence-corrected chi connectivity index (χ3v) is 5.11. The zero-order valence-electron chi connectivity index (χ0n) is 11.9. The predicted molar refractivity (Wildman–Crippen MR) is 74.5 cm³/mol. The first kappa shape index (κ1) is 14.3. The van der Waals surface area contributed by atoms with E-state index in [0.29, 0.717) is 12.6 Å². The lowest BCUT2D eigenvalue weighted by Gasteiger charge is -2.44. The second kappa shape index (κ2) is 5.87. The third kappa shape index (κ3) is 3.23. The number of hydrogen-bond donors (Lipinski definition) is 2. The van der Waals surface area contributed by atoms with Gasteiger partial charge in [0.05, 0.1) is 5.60 Å². The molecule has 1 aliphatic heterocycles. The van der Waals surface area contributed by atoms with Crippen molar-refractivity contribution in [1.29, 1.82) is 0 Å². The zero-order chi connectivity index (χ0) is 13.2. The second-order valence-corrected chi connectivity index (χ2v) is 6.36. The highest BCUT2D eigenvalue weighted by molar-refractivity contribution is 4.91. The van der Waals surface area contributed by atoms with Crippen molar-refractivity contribution in [3.8, 4) is 0 Å². The highest BCUT2D eigenvalue weighted by atomic mass is 16.3. The van der Waals surface area contributed by atoms with Crippen molar-refractivity contribution >= 4 is 0 Å². The molecule has 0 amide bonds. The van der Waals surface area contributed by atoms with Crippen LogP contribution in [0.25, 0.3) is 0 Å². The summed E-state index contributed by atoms with van der Waals surface area (Å²) in [6.07, 6.45) is 6.48. The molecule has 0 spiro atoms. The maximum Gasteiger partial charge on any atom is 0.0770 e. The fraction of sp³-hybridized carbons (Fsp3) is 1.00. The minimum atomic E-state index is -0.579. The molecule has 2 fully saturated rings. The Morgan fingerprint density at radius 3 is 2.17 bits per heavy atom. The van der Waals surface area contributed by atoms with Crippen LogP contribution in [0.4, 0.5) is 0 Å². The number of rotatable bonds is 3. The number of nitrogens with zero attached hydrogens (tertiary/aromatic N) is 2.